The third-order valence-electron chi connectivity index (χ3n) is 5.50. The summed E-state index contributed by atoms with van der Waals surface area (Å²) in [6.45, 7) is 5.77. The maximum Gasteiger partial charge on any atom is 0.257 e. The molecule has 1 aromatic carbocycles. The standard InChI is InChI=1S/C21H26ClN5O/c22-17-4-1-3-16(13-17)14-25-9-11-26(12-10-25)20-19(5-2-7-24-20)21(28)27-8-6-18(23)15-27/h1-5,7,13,18H,6,8-12,14-15,23H2. The fraction of sp³-hybridized carbons (Fsp3) is 0.429. The van der Waals surface area contributed by atoms with Gasteiger partial charge in [0.2, 0.25) is 0 Å². The highest BCUT2D eigenvalue weighted by atomic mass is 35.5. The van der Waals surface area contributed by atoms with Crippen molar-refractivity contribution in [3.8, 4) is 0 Å². The number of anilines is 1. The second-order valence-corrected chi connectivity index (χ2v) is 8.00. The third kappa shape index (κ3) is 4.29. The van der Waals surface area contributed by atoms with Crippen LogP contribution in [0.15, 0.2) is 42.6 Å². The molecule has 2 fully saturated rings. The van der Waals surface area contributed by atoms with E-state index >= 15 is 0 Å². The lowest BCUT2D eigenvalue weighted by atomic mass is 10.1. The molecule has 7 heteroatoms. The molecule has 2 aliphatic rings. The van der Waals surface area contributed by atoms with Gasteiger partial charge in [-0.05, 0) is 36.2 Å². The summed E-state index contributed by atoms with van der Waals surface area (Å²) in [7, 11) is 0. The number of carbonyl (C=O) groups excluding carboxylic acids is 1. The number of halogens is 1. The molecule has 1 atom stereocenters. The van der Waals surface area contributed by atoms with Crippen LogP contribution in [0.3, 0.4) is 0 Å². The molecule has 0 bridgehead atoms. The van der Waals surface area contributed by atoms with Crippen molar-refractivity contribution in [3.05, 3.63) is 58.7 Å². The van der Waals surface area contributed by atoms with E-state index in [2.05, 4.69) is 20.9 Å². The second kappa shape index (κ2) is 8.47. The van der Waals surface area contributed by atoms with Gasteiger partial charge >= 0.3 is 0 Å². The largest absolute Gasteiger partial charge is 0.353 e. The molecule has 148 valence electrons. The van der Waals surface area contributed by atoms with Gasteiger partial charge in [0, 0.05) is 63.1 Å². The van der Waals surface area contributed by atoms with Gasteiger partial charge in [-0.2, -0.15) is 0 Å². The van der Waals surface area contributed by atoms with E-state index in [1.54, 1.807) is 6.20 Å². The number of rotatable bonds is 4. The second-order valence-electron chi connectivity index (χ2n) is 7.57. The van der Waals surface area contributed by atoms with E-state index in [9.17, 15) is 4.79 Å². The first-order chi connectivity index (χ1) is 13.6. The van der Waals surface area contributed by atoms with Gasteiger partial charge < -0.3 is 15.5 Å². The molecule has 4 rings (SSSR count). The van der Waals surface area contributed by atoms with Crippen molar-refractivity contribution in [2.45, 2.75) is 19.0 Å². The van der Waals surface area contributed by atoms with Crippen LogP contribution in [0.4, 0.5) is 5.82 Å². The Morgan fingerprint density at radius 2 is 1.96 bits per heavy atom. The molecule has 0 saturated carbocycles. The number of hydrogen-bond acceptors (Lipinski definition) is 5. The minimum Gasteiger partial charge on any atom is -0.353 e. The Labute approximate surface area is 170 Å². The molecule has 6 nitrogen and oxygen atoms in total. The van der Waals surface area contributed by atoms with Crippen LogP contribution in [-0.4, -0.2) is 66.0 Å². The predicted octanol–water partition coefficient (Wildman–Crippen LogP) is 2.23. The van der Waals surface area contributed by atoms with E-state index < -0.39 is 0 Å². The Hall–Kier alpha value is -2.15. The van der Waals surface area contributed by atoms with Crippen molar-refractivity contribution < 1.29 is 4.79 Å². The normalized spacial score (nSPS) is 20.6. The summed E-state index contributed by atoms with van der Waals surface area (Å²) in [6.07, 6.45) is 2.63. The molecule has 2 saturated heterocycles. The SMILES string of the molecule is NC1CCN(C(=O)c2cccnc2N2CCN(Cc3cccc(Cl)c3)CC2)C1. The van der Waals surface area contributed by atoms with Crippen molar-refractivity contribution in [3.63, 3.8) is 0 Å². The summed E-state index contributed by atoms with van der Waals surface area (Å²) in [4.78, 5) is 24.0. The van der Waals surface area contributed by atoms with E-state index in [-0.39, 0.29) is 11.9 Å². The van der Waals surface area contributed by atoms with Crippen LogP contribution in [0.5, 0.6) is 0 Å². The molecule has 0 aliphatic carbocycles. The Morgan fingerprint density at radius 1 is 1.14 bits per heavy atom. The summed E-state index contributed by atoms with van der Waals surface area (Å²) < 4.78 is 0. The van der Waals surface area contributed by atoms with Crippen LogP contribution in [0.25, 0.3) is 0 Å². The molecule has 2 aliphatic heterocycles. The van der Waals surface area contributed by atoms with Crippen molar-refractivity contribution in [1.82, 2.24) is 14.8 Å². The maximum absolute atomic E-state index is 13.0. The lowest BCUT2D eigenvalue weighted by Gasteiger charge is -2.36. The van der Waals surface area contributed by atoms with Crippen LogP contribution < -0.4 is 10.6 Å². The zero-order chi connectivity index (χ0) is 19.5. The number of benzene rings is 1. The fourth-order valence-corrected chi connectivity index (χ4v) is 4.18. The molecule has 2 aromatic rings. The average Bonchev–Trinajstić information content (AvgIpc) is 3.14. The lowest BCUT2D eigenvalue weighted by Crippen LogP contribution is -2.47. The number of carbonyl (C=O) groups is 1. The van der Waals surface area contributed by atoms with Crippen LogP contribution in [-0.2, 0) is 6.54 Å². The highest BCUT2D eigenvalue weighted by Crippen LogP contribution is 2.23. The number of amides is 1. The van der Waals surface area contributed by atoms with E-state index in [0.717, 1.165) is 56.5 Å². The summed E-state index contributed by atoms with van der Waals surface area (Å²) in [5.74, 6) is 0.827. The maximum atomic E-state index is 13.0. The van der Waals surface area contributed by atoms with E-state index in [4.69, 9.17) is 17.3 Å². The first-order valence-corrected chi connectivity index (χ1v) is 10.2. The number of likely N-dealkylation sites (tertiary alicyclic amines) is 1. The first kappa shape index (κ1) is 19.2. The molecule has 0 radical (unpaired) electrons. The smallest absolute Gasteiger partial charge is 0.257 e. The summed E-state index contributed by atoms with van der Waals surface area (Å²) >= 11 is 6.10. The Balaban J connectivity index is 1.41. The van der Waals surface area contributed by atoms with Gasteiger partial charge in [-0.1, -0.05) is 23.7 Å². The van der Waals surface area contributed by atoms with Crippen LogP contribution in [0, 0.1) is 0 Å². The fourth-order valence-electron chi connectivity index (χ4n) is 3.97. The number of piperazine rings is 1. The minimum absolute atomic E-state index is 0.0393. The number of nitrogens with two attached hydrogens (primary N) is 1. The van der Waals surface area contributed by atoms with E-state index in [1.165, 1.54) is 5.56 Å². The number of aromatic nitrogens is 1. The number of hydrogen-bond donors (Lipinski definition) is 1. The van der Waals surface area contributed by atoms with Crippen molar-refractivity contribution in [2.24, 2.45) is 5.73 Å². The van der Waals surface area contributed by atoms with E-state index in [0.29, 0.717) is 12.1 Å². The summed E-state index contributed by atoms with van der Waals surface area (Å²) in [6, 6.07) is 11.8. The topological polar surface area (TPSA) is 65.7 Å². The first-order valence-electron chi connectivity index (χ1n) is 9.82. The highest BCUT2D eigenvalue weighted by Gasteiger charge is 2.28. The molecule has 0 spiro atoms. The Morgan fingerprint density at radius 3 is 2.68 bits per heavy atom. The molecule has 1 unspecified atom stereocenters. The predicted molar refractivity (Wildman–Crippen MR) is 112 cm³/mol. The van der Waals surface area contributed by atoms with Crippen molar-refractivity contribution >= 4 is 23.3 Å². The van der Waals surface area contributed by atoms with Gasteiger partial charge in [0.15, 0.2) is 0 Å². The van der Waals surface area contributed by atoms with Crippen molar-refractivity contribution in [2.75, 3.05) is 44.2 Å². The zero-order valence-electron chi connectivity index (χ0n) is 15.9. The van der Waals surface area contributed by atoms with E-state index in [1.807, 2.05) is 35.2 Å². The van der Waals surface area contributed by atoms with Crippen LogP contribution >= 0.6 is 11.6 Å². The third-order valence-corrected chi connectivity index (χ3v) is 5.73. The van der Waals surface area contributed by atoms with Gasteiger partial charge in [0.25, 0.3) is 5.91 Å². The zero-order valence-corrected chi connectivity index (χ0v) is 16.7. The summed E-state index contributed by atoms with van der Waals surface area (Å²) in [5, 5.41) is 0.773. The van der Waals surface area contributed by atoms with Gasteiger partial charge in [-0.3, -0.25) is 9.69 Å². The Kier molecular flexibility index (Phi) is 5.80. The minimum atomic E-state index is 0.0393. The molecular formula is C21H26ClN5O. The Bertz CT molecular complexity index is 837. The number of pyridine rings is 1. The van der Waals surface area contributed by atoms with Gasteiger partial charge in [-0.15, -0.1) is 0 Å². The van der Waals surface area contributed by atoms with Crippen LogP contribution in [0.1, 0.15) is 22.3 Å². The molecule has 28 heavy (non-hydrogen) atoms. The quantitative estimate of drug-likeness (QED) is 0.854. The summed E-state index contributed by atoms with van der Waals surface area (Å²) in [5.41, 5.74) is 7.88. The highest BCUT2D eigenvalue weighted by molar-refractivity contribution is 6.30. The number of nitrogens with zero attached hydrogens (tertiary/aromatic N) is 4. The molecule has 1 aromatic heterocycles. The van der Waals surface area contributed by atoms with Crippen molar-refractivity contribution in [1.29, 1.82) is 0 Å². The van der Waals surface area contributed by atoms with Gasteiger partial charge in [-0.25, -0.2) is 4.98 Å². The molecule has 3 heterocycles. The van der Waals surface area contributed by atoms with Gasteiger partial charge in [0.1, 0.15) is 5.82 Å². The average molecular weight is 400 g/mol. The monoisotopic (exact) mass is 399 g/mol. The molecule has 1 amide bonds. The van der Waals surface area contributed by atoms with Crippen LogP contribution in [0.2, 0.25) is 5.02 Å². The molecule has 2 N–H and O–H groups in total. The molecular weight excluding hydrogens is 374 g/mol. The van der Waals surface area contributed by atoms with Gasteiger partial charge in [0.05, 0.1) is 5.56 Å². The lowest BCUT2D eigenvalue weighted by molar-refractivity contribution is 0.0791.